The van der Waals surface area contributed by atoms with Crippen LogP contribution in [0, 0.1) is 0 Å². The molecule has 2 heterocycles. The van der Waals surface area contributed by atoms with E-state index in [9.17, 15) is 45.6 Å². The summed E-state index contributed by atoms with van der Waals surface area (Å²) in [7, 11) is 0. The van der Waals surface area contributed by atoms with Gasteiger partial charge in [-0.1, -0.05) is 228 Å². The molecule has 0 spiro atoms. The fourth-order valence-corrected chi connectivity index (χ4v) is 9.89. The molecule has 9 N–H and O–H groups in total. The van der Waals surface area contributed by atoms with E-state index in [1.807, 2.05) is 6.08 Å². The standard InChI is InChI=1S/C64H113NO13/c1-3-5-7-9-11-13-15-16-17-18-19-20-21-22-23-24-25-26-27-28-29-30-31-32-33-34-35-36-38-40-42-44-46-48-56(69)65-52(53(68)47-45-43-41-39-37-14-12-10-8-6-4-2)51-75-63-61(74)59(72)62(55(50-67)77-63)78-64-60(73)58(71)57(70)54(49-66)76-64/h5,7,11,13,16-17,19-20,37,39,45,47,52-55,57-64,66-68,70-74H,3-4,6,8-10,12,14-15,18,21-36,38,40-44,46,48-51H2,1-2H3,(H,65,69)/b7-5-,13-11-,17-16-,20-19-,39-37+,47-45+. The van der Waals surface area contributed by atoms with E-state index in [2.05, 4.69) is 79.9 Å². The number of allylic oxidation sites excluding steroid dienone is 11. The Morgan fingerprint density at radius 3 is 1.41 bits per heavy atom. The fraction of sp³-hybridized carbons (Fsp3) is 0.797. The molecule has 452 valence electrons. The summed E-state index contributed by atoms with van der Waals surface area (Å²) in [6, 6.07) is -0.931. The zero-order valence-corrected chi connectivity index (χ0v) is 48.6. The summed E-state index contributed by atoms with van der Waals surface area (Å²) in [5, 5.41) is 86.9. The molecule has 2 saturated heterocycles. The second kappa shape index (κ2) is 49.1. The Bertz CT molecular complexity index is 1580. The van der Waals surface area contributed by atoms with Gasteiger partial charge in [-0.15, -0.1) is 0 Å². The Labute approximate surface area is 472 Å². The van der Waals surface area contributed by atoms with Gasteiger partial charge in [0.15, 0.2) is 12.6 Å². The molecule has 0 aliphatic carbocycles. The van der Waals surface area contributed by atoms with E-state index >= 15 is 0 Å². The minimum Gasteiger partial charge on any atom is -0.394 e. The molecule has 0 aromatic carbocycles. The van der Waals surface area contributed by atoms with Crippen molar-refractivity contribution < 1.29 is 64.6 Å². The van der Waals surface area contributed by atoms with Crippen LogP contribution in [-0.4, -0.2) is 140 Å². The summed E-state index contributed by atoms with van der Waals surface area (Å²) in [6.45, 7) is 2.63. The number of aliphatic hydroxyl groups excluding tert-OH is 8. The lowest BCUT2D eigenvalue weighted by Gasteiger charge is -2.46. The Hall–Kier alpha value is -2.57. The van der Waals surface area contributed by atoms with E-state index in [1.54, 1.807) is 6.08 Å². The van der Waals surface area contributed by atoms with Crippen LogP contribution >= 0.6 is 0 Å². The van der Waals surface area contributed by atoms with Crippen molar-refractivity contribution in [3.63, 3.8) is 0 Å². The minimum atomic E-state index is -1.79. The van der Waals surface area contributed by atoms with Gasteiger partial charge in [-0.25, -0.2) is 0 Å². The van der Waals surface area contributed by atoms with Crippen molar-refractivity contribution in [1.29, 1.82) is 0 Å². The Morgan fingerprint density at radius 1 is 0.474 bits per heavy atom. The number of aliphatic hydroxyl groups is 8. The second-order valence-electron chi connectivity index (χ2n) is 21.8. The van der Waals surface area contributed by atoms with Crippen LogP contribution in [0.5, 0.6) is 0 Å². The molecular formula is C64H113NO13. The average molecular weight is 1100 g/mol. The highest BCUT2D eigenvalue weighted by Crippen LogP contribution is 2.30. The van der Waals surface area contributed by atoms with Crippen molar-refractivity contribution >= 4 is 5.91 Å². The van der Waals surface area contributed by atoms with Crippen LogP contribution in [0.4, 0.5) is 0 Å². The summed E-state index contributed by atoms with van der Waals surface area (Å²) in [6.07, 6.45) is 48.3. The molecule has 14 nitrogen and oxygen atoms in total. The molecule has 0 aromatic rings. The number of unbranched alkanes of at least 4 members (excludes halogenated alkanes) is 26. The first kappa shape index (κ1) is 71.5. The van der Waals surface area contributed by atoms with Gasteiger partial charge in [-0.2, -0.15) is 0 Å². The number of rotatable bonds is 49. The Morgan fingerprint density at radius 2 is 0.897 bits per heavy atom. The summed E-state index contributed by atoms with van der Waals surface area (Å²) in [5.74, 6) is -0.250. The zero-order valence-electron chi connectivity index (χ0n) is 48.6. The summed E-state index contributed by atoms with van der Waals surface area (Å²) in [5.41, 5.74) is 0. The van der Waals surface area contributed by atoms with E-state index < -0.39 is 86.8 Å². The molecule has 78 heavy (non-hydrogen) atoms. The second-order valence-corrected chi connectivity index (χ2v) is 21.8. The van der Waals surface area contributed by atoms with Crippen LogP contribution in [0.3, 0.4) is 0 Å². The molecule has 14 heteroatoms. The molecule has 0 aromatic heterocycles. The van der Waals surface area contributed by atoms with E-state index in [0.717, 1.165) is 57.8 Å². The third-order valence-electron chi connectivity index (χ3n) is 14.9. The monoisotopic (exact) mass is 1100 g/mol. The van der Waals surface area contributed by atoms with Gasteiger partial charge >= 0.3 is 0 Å². The van der Waals surface area contributed by atoms with Gasteiger partial charge in [0, 0.05) is 6.42 Å². The highest BCUT2D eigenvalue weighted by molar-refractivity contribution is 5.76. The van der Waals surface area contributed by atoms with Crippen molar-refractivity contribution in [3.05, 3.63) is 72.9 Å². The molecule has 2 aliphatic rings. The van der Waals surface area contributed by atoms with E-state index in [0.29, 0.717) is 12.8 Å². The van der Waals surface area contributed by atoms with E-state index in [-0.39, 0.29) is 18.9 Å². The Kier molecular flexibility index (Phi) is 45.0. The van der Waals surface area contributed by atoms with Crippen LogP contribution in [0.2, 0.25) is 0 Å². The van der Waals surface area contributed by atoms with Gasteiger partial charge in [-0.05, 0) is 70.6 Å². The minimum absolute atomic E-state index is 0.250. The normalized spacial score (nSPS) is 25.1. The summed E-state index contributed by atoms with van der Waals surface area (Å²) in [4.78, 5) is 13.2. The van der Waals surface area contributed by atoms with Gasteiger partial charge < -0.3 is 65.1 Å². The van der Waals surface area contributed by atoms with E-state index in [4.69, 9.17) is 18.9 Å². The van der Waals surface area contributed by atoms with Gasteiger partial charge in [0.2, 0.25) is 5.91 Å². The maximum absolute atomic E-state index is 13.2. The lowest BCUT2D eigenvalue weighted by atomic mass is 9.97. The highest BCUT2D eigenvalue weighted by Gasteiger charge is 2.51. The fourth-order valence-electron chi connectivity index (χ4n) is 9.89. The quantitative estimate of drug-likeness (QED) is 0.0204. The van der Waals surface area contributed by atoms with Crippen molar-refractivity contribution in [1.82, 2.24) is 5.32 Å². The third kappa shape index (κ3) is 34.0. The van der Waals surface area contributed by atoms with Gasteiger partial charge in [0.1, 0.15) is 48.8 Å². The zero-order chi connectivity index (χ0) is 56.7. The third-order valence-corrected chi connectivity index (χ3v) is 14.9. The van der Waals surface area contributed by atoms with Gasteiger partial charge in [0.25, 0.3) is 0 Å². The van der Waals surface area contributed by atoms with Crippen LogP contribution in [0.15, 0.2) is 72.9 Å². The van der Waals surface area contributed by atoms with E-state index in [1.165, 1.54) is 141 Å². The molecule has 12 unspecified atom stereocenters. The van der Waals surface area contributed by atoms with Gasteiger partial charge in [-0.3, -0.25) is 4.79 Å². The maximum Gasteiger partial charge on any atom is 0.220 e. The predicted octanol–water partition coefficient (Wildman–Crippen LogP) is 11.1. The average Bonchev–Trinajstić information content (AvgIpc) is 3.47. The number of carbonyl (C=O) groups is 1. The first-order chi connectivity index (χ1) is 38.1. The van der Waals surface area contributed by atoms with Crippen LogP contribution in [0.25, 0.3) is 0 Å². The number of carbonyl (C=O) groups excluding carboxylic acids is 1. The van der Waals surface area contributed by atoms with Crippen molar-refractivity contribution in [3.8, 4) is 0 Å². The number of nitrogens with one attached hydrogen (secondary N) is 1. The smallest absolute Gasteiger partial charge is 0.220 e. The molecule has 1 amide bonds. The molecule has 0 saturated carbocycles. The van der Waals surface area contributed by atoms with Crippen LogP contribution in [0.1, 0.15) is 232 Å². The number of ether oxygens (including phenoxy) is 4. The van der Waals surface area contributed by atoms with Crippen LogP contribution in [-0.2, 0) is 23.7 Å². The first-order valence-electron chi connectivity index (χ1n) is 31.2. The van der Waals surface area contributed by atoms with Crippen molar-refractivity contribution in [2.45, 2.75) is 306 Å². The predicted molar refractivity (Wildman–Crippen MR) is 313 cm³/mol. The molecule has 0 radical (unpaired) electrons. The number of amides is 1. The van der Waals surface area contributed by atoms with Crippen molar-refractivity contribution in [2.75, 3.05) is 19.8 Å². The van der Waals surface area contributed by atoms with Crippen molar-refractivity contribution in [2.24, 2.45) is 0 Å². The SMILES string of the molecule is CC/C=C\C/C=C\C/C=C\C/C=C\CCCCCCCCCCCCCCCCCCCCCCC(=O)NC(COC1OC(CO)C(OC2OC(CO)C(O)C(O)C2O)C(O)C1O)C(O)/C=C/CC/C=C/CCCCCCC. The highest BCUT2D eigenvalue weighted by atomic mass is 16.7. The largest absolute Gasteiger partial charge is 0.394 e. The molecule has 2 aliphatic heterocycles. The number of hydrogen-bond donors (Lipinski definition) is 9. The first-order valence-corrected chi connectivity index (χ1v) is 31.2. The Balaban J connectivity index is 1.62. The number of hydrogen-bond acceptors (Lipinski definition) is 13. The molecular weight excluding hydrogens is 991 g/mol. The lowest BCUT2D eigenvalue weighted by molar-refractivity contribution is -0.359. The van der Waals surface area contributed by atoms with Gasteiger partial charge in [0.05, 0.1) is 32.0 Å². The maximum atomic E-state index is 13.2. The summed E-state index contributed by atoms with van der Waals surface area (Å²) >= 11 is 0. The lowest BCUT2D eigenvalue weighted by Crippen LogP contribution is -2.65. The molecule has 12 atom stereocenters. The molecule has 0 bridgehead atoms. The molecule has 2 fully saturated rings. The summed E-state index contributed by atoms with van der Waals surface area (Å²) < 4.78 is 22.7. The molecule has 2 rings (SSSR count). The van der Waals surface area contributed by atoms with Crippen LogP contribution < -0.4 is 5.32 Å². The topological polar surface area (TPSA) is 228 Å².